The lowest BCUT2D eigenvalue weighted by Crippen LogP contribution is -2.25. The first-order valence-electron chi connectivity index (χ1n) is 8.01. The Balaban J connectivity index is 2.38. The predicted octanol–water partition coefficient (Wildman–Crippen LogP) is 3.71. The minimum atomic E-state index is 0.573. The molecule has 0 bridgehead atoms. The Hall–Kier alpha value is -0.860. The van der Waals surface area contributed by atoms with Crippen molar-refractivity contribution in [1.29, 1.82) is 0 Å². The van der Waals surface area contributed by atoms with Gasteiger partial charge in [-0.1, -0.05) is 58.4 Å². The first-order chi connectivity index (χ1) is 9.51. The SMILES string of the molecule is CCC(C)CN(C)Cc1ccc(CCNC(C)C)cc1. The third-order valence-corrected chi connectivity index (χ3v) is 3.76. The summed E-state index contributed by atoms with van der Waals surface area (Å²) < 4.78 is 0. The summed E-state index contributed by atoms with van der Waals surface area (Å²) in [5.41, 5.74) is 2.84. The highest BCUT2D eigenvalue weighted by atomic mass is 15.1. The van der Waals surface area contributed by atoms with Gasteiger partial charge < -0.3 is 10.2 Å². The van der Waals surface area contributed by atoms with E-state index in [2.05, 4.69) is 69.2 Å². The molecule has 0 aliphatic heterocycles. The van der Waals surface area contributed by atoms with Crippen molar-refractivity contribution in [1.82, 2.24) is 10.2 Å². The summed E-state index contributed by atoms with van der Waals surface area (Å²) in [6.45, 7) is 12.3. The maximum Gasteiger partial charge on any atom is 0.0230 e. The van der Waals surface area contributed by atoms with Crippen LogP contribution < -0.4 is 5.32 Å². The van der Waals surface area contributed by atoms with Gasteiger partial charge >= 0.3 is 0 Å². The van der Waals surface area contributed by atoms with Gasteiger partial charge in [0.2, 0.25) is 0 Å². The summed E-state index contributed by atoms with van der Waals surface area (Å²) in [4.78, 5) is 2.42. The van der Waals surface area contributed by atoms with Crippen LogP contribution in [0.2, 0.25) is 0 Å². The lowest BCUT2D eigenvalue weighted by molar-refractivity contribution is 0.275. The van der Waals surface area contributed by atoms with Crippen LogP contribution in [0.1, 0.15) is 45.2 Å². The van der Waals surface area contributed by atoms with Crippen LogP contribution in [0.25, 0.3) is 0 Å². The van der Waals surface area contributed by atoms with Crippen molar-refractivity contribution >= 4 is 0 Å². The van der Waals surface area contributed by atoms with Crippen LogP contribution in [0.4, 0.5) is 0 Å². The molecule has 1 aromatic carbocycles. The quantitative estimate of drug-likeness (QED) is 0.740. The van der Waals surface area contributed by atoms with Gasteiger partial charge in [-0.3, -0.25) is 0 Å². The maximum absolute atomic E-state index is 3.46. The molecule has 1 unspecified atom stereocenters. The number of hydrogen-bond donors (Lipinski definition) is 1. The average molecular weight is 276 g/mol. The molecule has 0 radical (unpaired) electrons. The number of hydrogen-bond acceptors (Lipinski definition) is 2. The van der Waals surface area contributed by atoms with E-state index in [1.165, 1.54) is 24.1 Å². The predicted molar refractivity (Wildman–Crippen MR) is 89.1 cm³/mol. The largest absolute Gasteiger partial charge is 0.314 e. The van der Waals surface area contributed by atoms with Crippen LogP contribution in [0, 0.1) is 5.92 Å². The molecule has 1 atom stereocenters. The molecular formula is C18H32N2. The van der Waals surface area contributed by atoms with Crippen molar-refractivity contribution in [3.05, 3.63) is 35.4 Å². The Morgan fingerprint density at radius 2 is 1.65 bits per heavy atom. The molecule has 0 heterocycles. The second-order valence-corrected chi connectivity index (χ2v) is 6.39. The number of benzene rings is 1. The van der Waals surface area contributed by atoms with Crippen molar-refractivity contribution < 1.29 is 0 Å². The first kappa shape index (κ1) is 17.2. The van der Waals surface area contributed by atoms with Gasteiger partial charge in [0.15, 0.2) is 0 Å². The molecule has 1 N–H and O–H groups in total. The van der Waals surface area contributed by atoms with E-state index in [1.807, 2.05) is 0 Å². The number of nitrogens with one attached hydrogen (secondary N) is 1. The van der Waals surface area contributed by atoms with Crippen molar-refractivity contribution in [2.75, 3.05) is 20.1 Å². The van der Waals surface area contributed by atoms with Crippen LogP contribution in [-0.2, 0) is 13.0 Å². The van der Waals surface area contributed by atoms with E-state index < -0.39 is 0 Å². The van der Waals surface area contributed by atoms with Gasteiger partial charge in [0.05, 0.1) is 0 Å². The fourth-order valence-corrected chi connectivity index (χ4v) is 2.35. The third-order valence-electron chi connectivity index (χ3n) is 3.76. The highest BCUT2D eigenvalue weighted by Crippen LogP contribution is 2.10. The smallest absolute Gasteiger partial charge is 0.0230 e. The van der Waals surface area contributed by atoms with E-state index in [4.69, 9.17) is 0 Å². The third kappa shape index (κ3) is 7.06. The van der Waals surface area contributed by atoms with E-state index >= 15 is 0 Å². The average Bonchev–Trinajstić information content (AvgIpc) is 2.40. The molecule has 2 nitrogen and oxygen atoms in total. The van der Waals surface area contributed by atoms with Crippen LogP contribution in [0.3, 0.4) is 0 Å². The van der Waals surface area contributed by atoms with Crippen molar-refractivity contribution in [2.45, 2.75) is 53.1 Å². The van der Waals surface area contributed by atoms with E-state index in [-0.39, 0.29) is 0 Å². The molecule has 0 saturated carbocycles. The van der Waals surface area contributed by atoms with E-state index in [9.17, 15) is 0 Å². The summed E-state index contributed by atoms with van der Waals surface area (Å²) in [7, 11) is 2.21. The minimum absolute atomic E-state index is 0.573. The Labute approximate surface area is 125 Å². The Morgan fingerprint density at radius 1 is 1.05 bits per heavy atom. The zero-order valence-corrected chi connectivity index (χ0v) is 13.9. The zero-order chi connectivity index (χ0) is 15.0. The maximum atomic E-state index is 3.46. The molecule has 0 amide bonds. The second kappa shape index (κ2) is 9.15. The monoisotopic (exact) mass is 276 g/mol. The highest BCUT2D eigenvalue weighted by Gasteiger charge is 2.05. The lowest BCUT2D eigenvalue weighted by atomic mass is 10.1. The van der Waals surface area contributed by atoms with Crippen LogP contribution in [-0.4, -0.2) is 31.1 Å². The van der Waals surface area contributed by atoms with Gasteiger partial charge in [-0.2, -0.15) is 0 Å². The molecule has 114 valence electrons. The highest BCUT2D eigenvalue weighted by molar-refractivity contribution is 5.22. The fraction of sp³-hybridized carbons (Fsp3) is 0.667. The van der Waals surface area contributed by atoms with E-state index in [0.717, 1.165) is 25.4 Å². The fourth-order valence-electron chi connectivity index (χ4n) is 2.35. The zero-order valence-electron chi connectivity index (χ0n) is 13.9. The molecule has 20 heavy (non-hydrogen) atoms. The molecule has 1 rings (SSSR count). The Bertz CT molecular complexity index is 356. The molecule has 0 aromatic heterocycles. The summed E-state index contributed by atoms with van der Waals surface area (Å²) in [5.74, 6) is 0.779. The molecule has 2 heteroatoms. The van der Waals surface area contributed by atoms with Crippen molar-refractivity contribution in [2.24, 2.45) is 5.92 Å². The standard InChI is InChI=1S/C18H32N2/c1-6-16(4)13-20(5)14-18-9-7-17(8-10-18)11-12-19-15(2)3/h7-10,15-16,19H,6,11-14H2,1-5H3. The topological polar surface area (TPSA) is 15.3 Å². The van der Waals surface area contributed by atoms with Crippen LogP contribution in [0.15, 0.2) is 24.3 Å². The molecule has 0 spiro atoms. The molecular weight excluding hydrogens is 244 g/mol. The summed E-state index contributed by atoms with van der Waals surface area (Å²) in [6.07, 6.45) is 2.37. The van der Waals surface area contributed by atoms with Crippen LogP contribution >= 0.6 is 0 Å². The first-order valence-corrected chi connectivity index (χ1v) is 8.01. The normalized spacial score (nSPS) is 13.2. The van der Waals surface area contributed by atoms with E-state index in [0.29, 0.717) is 6.04 Å². The molecule has 0 fully saturated rings. The summed E-state index contributed by atoms with van der Waals surface area (Å²) in [6, 6.07) is 9.67. The van der Waals surface area contributed by atoms with Gasteiger partial charge in [0.25, 0.3) is 0 Å². The molecule has 0 saturated heterocycles. The van der Waals surface area contributed by atoms with Gasteiger partial charge in [-0.05, 0) is 37.1 Å². The van der Waals surface area contributed by atoms with Gasteiger partial charge in [0, 0.05) is 19.1 Å². The number of nitrogens with zero attached hydrogens (tertiary/aromatic N) is 1. The van der Waals surface area contributed by atoms with Crippen LogP contribution in [0.5, 0.6) is 0 Å². The molecule has 1 aromatic rings. The molecule has 0 aliphatic rings. The van der Waals surface area contributed by atoms with E-state index in [1.54, 1.807) is 0 Å². The van der Waals surface area contributed by atoms with Gasteiger partial charge in [-0.25, -0.2) is 0 Å². The van der Waals surface area contributed by atoms with Crippen molar-refractivity contribution in [3.8, 4) is 0 Å². The Morgan fingerprint density at radius 3 is 2.20 bits per heavy atom. The summed E-state index contributed by atoms with van der Waals surface area (Å²) in [5, 5.41) is 3.46. The second-order valence-electron chi connectivity index (χ2n) is 6.39. The lowest BCUT2D eigenvalue weighted by Gasteiger charge is -2.20. The minimum Gasteiger partial charge on any atom is -0.314 e. The Kier molecular flexibility index (Phi) is 7.86. The number of rotatable bonds is 9. The molecule has 0 aliphatic carbocycles. The van der Waals surface area contributed by atoms with Gasteiger partial charge in [-0.15, -0.1) is 0 Å². The van der Waals surface area contributed by atoms with Crippen molar-refractivity contribution in [3.63, 3.8) is 0 Å². The van der Waals surface area contributed by atoms with Gasteiger partial charge in [0.1, 0.15) is 0 Å². The summed E-state index contributed by atoms with van der Waals surface area (Å²) >= 11 is 0.